The van der Waals surface area contributed by atoms with Crippen LogP contribution in [0.1, 0.15) is 36.3 Å². The second-order valence-corrected chi connectivity index (χ2v) is 9.05. The lowest BCUT2D eigenvalue weighted by Crippen LogP contribution is -2.49. The van der Waals surface area contributed by atoms with Crippen LogP contribution in [-0.4, -0.2) is 73.6 Å². The standard InChI is InChI=1S/C28H36N2O5/c1-33-25-11-9-23(10-12-25)24-19-26(35-27(20-24)34-18-6-5-17-31)28(32)30-15-13-29(14-16-30)21-22-7-3-2-4-8-22/h2-4,7-12,19,24,27,31H,5-6,13-18,20-21H2,1H3/t24-,27+/m0/s1. The van der Waals surface area contributed by atoms with E-state index >= 15 is 0 Å². The van der Waals surface area contributed by atoms with Crippen LogP contribution in [0.3, 0.4) is 0 Å². The van der Waals surface area contributed by atoms with Crippen LogP contribution in [0.2, 0.25) is 0 Å². The molecule has 7 heteroatoms. The van der Waals surface area contributed by atoms with Gasteiger partial charge in [-0.3, -0.25) is 9.69 Å². The van der Waals surface area contributed by atoms with E-state index in [2.05, 4.69) is 29.2 Å². The molecule has 0 radical (unpaired) electrons. The molecule has 1 amide bonds. The largest absolute Gasteiger partial charge is 0.497 e. The highest BCUT2D eigenvalue weighted by Gasteiger charge is 2.32. The molecular formula is C28H36N2O5. The Morgan fingerprint density at radius 2 is 1.77 bits per heavy atom. The average molecular weight is 481 g/mol. The van der Waals surface area contributed by atoms with Gasteiger partial charge in [-0.25, -0.2) is 0 Å². The molecular weight excluding hydrogens is 444 g/mol. The van der Waals surface area contributed by atoms with Gasteiger partial charge in [0.25, 0.3) is 5.91 Å². The molecule has 188 valence electrons. The van der Waals surface area contributed by atoms with Crippen molar-refractivity contribution in [2.24, 2.45) is 0 Å². The second kappa shape index (κ2) is 12.7. The molecule has 2 aliphatic heterocycles. The number of hydrogen-bond donors (Lipinski definition) is 1. The van der Waals surface area contributed by atoms with Crippen LogP contribution in [-0.2, 0) is 20.8 Å². The van der Waals surface area contributed by atoms with Gasteiger partial charge >= 0.3 is 0 Å². The number of carbonyl (C=O) groups is 1. The Kier molecular flexibility index (Phi) is 9.17. The Morgan fingerprint density at radius 3 is 2.46 bits per heavy atom. The zero-order chi connectivity index (χ0) is 24.5. The fraction of sp³-hybridized carbons (Fsp3) is 0.464. The minimum atomic E-state index is -0.496. The monoisotopic (exact) mass is 480 g/mol. The van der Waals surface area contributed by atoms with Gasteiger partial charge in [0.1, 0.15) is 5.75 Å². The van der Waals surface area contributed by atoms with Gasteiger partial charge in [-0.05, 0) is 42.2 Å². The molecule has 2 aliphatic rings. The highest BCUT2D eigenvalue weighted by atomic mass is 16.7. The molecule has 1 N–H and O–H groups in total. The number of amides is 1. The summed E-state index contributed by atoms with van der Waals surface area (Å²) in [7, 11) is 1.65. The lowest BCUT2D eigenvalue weighted by molar-refractivity contribution is -0.154. The van der Waals surface area contributed by atoms with Crippen LogP contribution >= 0.6 is 0 Å². The van der Waals surface area contributed by atoms with Crippen molar-refractivity contribution >= 4 is 5.91 Å². The molecule has 35 heavy (non-hydrogen) atoms. The van der Waals surface area contributed by atoms with Gasteiger partial charge in [-0.15, -0.1) is 0 Å². The van der Waals surface area contributed by atoms with Crippen molar-refractivity contribution in [3.8, 4) is 5.75 Å². The van der Waals surface area contributed by atoms with Gasteiger partial charge in [-0.1, -0.05) is 42.5 Å². The van der Waals surface area contributed by atoms with Gasteiger partial charge < -0.3 is 24.2 Å². The van der Waals surface area contributed by atoms with Crippen molar-refractivity contribution in [3.05, 3.63) is 77.6 Å². The number of aliphatic hydroxyl groups is 1. The van der Waals surface area contributed by atoms with E-state index in [1.807, 2.05) is 41.3 Å². The lowest BCUT2D eigenvalue weighted by atomic mass is 9.92. The van der Waals surface area contributed by atoms with Gasteiger partial charge in [0.05, 0.1) is 13.7 Å². The molecule has 2 heterocycles. The van der Waals surface area contributed by atoms with Crippen LogP contribution in [0.15, 0.2) is 66.4 Å². The minimum Gasteiger partial charge on any atom is -0.497 e. The van der Waals surface area contributed by atoms with Crippen LogP contribution in [0.25, 0.3) is 0 Å². The molecule has 0 saturated carbocycles. The molecule has 2 atom stereocenters. The quantitative estimate of drug-likeness (QED) is 0.525. The summed E-state index contributed by atoms with van der Waals surface area (Å²) in [5.74, 6) is 1.09. The molecule has 0 bridgehead atoms. The highest BCUT2D eigenvalue weighted by Crippen LogP contribution is 2.33. The Morgan fingerprint density at radius 1 is 1.03 bits per heavy atom. The van der Waals surface area contributed by atoms with Crippen molar-refractivity contribution in [2.75, 3.05) is 46.5 Å². The maximum atomic E-state index is 13.4. The first-order valence-corrected chi connectivity index (χ1v) is 12.5. The molecule has 0 aromatic heterocycles. The number of piperazine rings is 1. The number of aliphatic hydroxyl groups excluding tert-OH is 1. The Bertz CT molecular complexity index is 955. The average Bonchev–Trinajstić information content (AvgIpc) is 2.91. The second-order valence-electron chi connectivity index (χ2n) is 9.05. The van der Waals surface area contributed by atoms with E-state index < -0.39 is 6.29 Å². The normalized spacial score (nSPS) is 20.7. The first-order chi connectivity index (χ1) is 17.2. The predicted molar refractivity (Wildman–Crippen MR) is 134 cm³/mol. The van der Waals surface area contributed by atoms with E-state index in [0.29, 0.717) is 38.3 Å². The number of rotatable bonds is 10. The molecule has 7 nitrogen and oxygen atoms in total. The summed E-state index contributed by atoms with van der Waals surface area (Å²) < 4.78 is 17.3. The first kappa shape index (κ1) is 25.2. The van der Waals surface area contributed by atoms with Crippen molar-refractivity contribution < 1.29 is 24.1 Å². The smallest absolute Gasteiger partial charge is 0.288 e. The van der Waals surface area contributed by atoms with Crippen LogP contribution in [0.4, 0.5) is 0 Å². The number of hydrogen-bond acceptors (Lipinski definition) is 6. The topological polar surface area (TPSA) is 71.5 Å². The molecule has 4 rings (SSSR count). The zero-order valence-electron chi connectivity index (χ0n) is 20.5. The maximum Gasteiger partial charge on any atom is 0.288 e. The predicted octanol–water partition coefficient (Wildman–Crippen LogP) is 3.54. The Hall–Kier alpha value is -2.87. The fourth-order valence-electron chi connectivity index (χ4n) is 4.53. The molecule has 0 unspecified atom stereocenters. The van der Waals surface area contributed by atoms with Crippen LogP contribution in [0, 0.1) is 0 Å². The van der Waals surface area contributed by atoms with Crippen molar-refractivity contribution in [2.45, 2.75) is 38.0 Å². The van der Waals surface area contributed by atoms with Gasteiger partial charge in [0, 0.05) is 51.7 Å². The van der Waals surface area contributed by atoms with E-state index in [-0.39, 0.29) is 18.4 Å². The number of ether oxygens (including phenoxy) is 3. The van der Waals surface area contributed by atoms with E-state index in [1.54, 1.807) is 7.11 Å². The summed E-state index contributed by atoms with van der Waals surface area (Å²) >= 11 is 0. The highest BCUT2D eigenvalue weighted by molar-refractivity contribution is 5.92. The summed E-state index contributed by atoms with van der Waals surface area (Å²) in [6.45, 7) is 4.52. The fourth-order valence-corrected chi connectivity index (χ4v) is 4.53. The molecule has 2 aromatic carbocycles. The minimum absolute atomic E-state index is 0.0100. The van der Waals surface area contributed by atoms with E-state index in [4.69, 9.17) is 19.3 Å². The number of benzene rings is 2. The summed E-state index contributed by atoms with van der Waals surface area (Å²) in [4.78, 5) is 17.7. The number of nitrogens with zero attached hydrogens (tertiary/aromatic N) is 2. The lowest BCUT2D eigenvalue weighted by Gasteiger charge is -2.36. The third-order valence-corrected chi connectivity index (χ3v) is 6.58. The zero-order valence-corrected chi connectivity index (χ0v) is 20.5. The number of methoxy groups -OCH3 is 1. The van der Waals surface area contributed by atoms with E-state index in [1.165, 1.54) is 5.56 Å². The SMILES string of the molecule is COc1ccc([C@H]2C=C(C(=O)N3CCN(Cc4ccccc4)CC3)O[C@@H](OCCCCO)C2)cc1. The first-order valence-electron chi connectivity index (χ1n) is 12.5. The summed E-state index contributed by atoms with van der Waals surface area (Å²) in [6, 6.07) is 18.3. The number of carbonyl (C=O) groups excluding carboxylic acids is 1. The summed E-state index contributed by atoms with van der Waals surface area (Å²) in [5, 5.41) is 9.04. The summed E-state index contributed by atoms with van der Waals surface area (Å²) in [5.41, 5.74) is 2.38. The number of allylic oxidation sites excluding steroid dienone is 1. The van der Waals surface area contributed by atoms with Gasteiger partial charge in [-0.2, -0.15) is 0 Å². The van der Waals surface area contributed by atoms with Crippen molar-refractivity contribution in [1.29, 1.82) is 0 Å². The molecule has 0 spiro atoms. The molecule has 1 fully saturated rings. The van der Waals surface area contributed by atoms with Crippen molar-refractivity contribution in [3.63, 3.8) is 0 Å². The summed E-state index contributed by atoms with van der Waals surface area (Å²) in [6.07, 6.45) is 3.51. The number of unbranched alkanes of at least 4 members (excludes halogenated alkanes) is 1. The van der Waals surface area contributed by atoms with E-state index in [0.717, 1.165) is 37.4 Å². The third kappa shape index (κ3) is 7.07. The van der Waals surface area contributed by atoms with Gasteiger partial charge in [0.2, 0.25) is 6.29 Å². The molecule has 0 aliphatic carbocycles. The van der Waals surface area contributed by atoms with Crippen molar-refractivity contribution in [1.82, 2.24) is 9.80 Å². The third-order valence-electron chi connectivity index (χ3n) is 6.58. The van der Waals surface area contributed by atoms with Crippen LogP contribution < -0.4 is 4.74 Å². The Labute approximate surface area is 207 Å². The van der Waals surface area contributed by atoms with E-state index in [9.17, 15) is 4.79 Å². The maximum absolute atomic E-state index is 13.4. The van der Waals surface area contributed by atoms with Gasteiger partial charge in [0.15, 0.2) is 5.76 Å². The van der Waals surface area contributed by atoms with Crippen LogP contribution in [0.5, 0.6) is 5.75 Å². The molecule has 2 aromatic rings. The molecule has 1 saturated heterocycles. The Balaban J connectivity index is 1.40.